The summed E-state index contributed by atoms with van der Waals surface area (Å²) in [5.74, 6) is 1.60. The molecule has 0 aliphatic heterocycles. The van der Waals surface area contributed by atoms with Gasteiger partial charge >= 0.3 is 0 Å². The summed E-state index contributed by atoms with van der Waals surface area (Å²) >= 11 is 0. The smallest absolute Gasteiger partial charge is 0.171 e. The fourth-order valence-corrected chi connectivity index (χ4v) is 2.26. The van der Waals surface area contributed by atoms with E-state index in [-0.39, 0.29) is 17.6 Å². The Balaban J connectivity index is 2.26. The van der Waals surface area contributed by atoms with Crippen LogP contribution < -0.4 is 10.5 Å². The van der Waals surface area contributed by atoms with Crippen LogP contribution in [0.2, 0.25) is 0 Å². The van der Waals surface area contributed by atoms with Crippen LogP contribution in [0.5, 0.6) is 5.75 Å². The van der Waals surface area contributed by atoms with Gasteiger partial charge in [0.1, 0.15) is 11.5 Å². The fraction of sp³-hybridized carbons (Fsp3) is 0.444. The molecule has 0 aliphatic rings. The molecule has 0 spiro atoms. The third-order valence-electron chi connectivity index (χ3n) is 3.60. The normalized spacial score (nSPS) is 14.8. The van der Waals surface area contributed by atoms with E-state index < -0.39 is 0 Å². The van der Waals surface area contributed by atoms with Crippen molar-refractivity contribution >= 4 is 0 Å². The zero-order valence-corrected chi connectivity index (χ0v) is 13.5. The molecule has 2 atom stereocenters. The summed E-state index contributed by atoms with van der Waals surface area (Å²) in [7, 11) is 0. The molecule has 0 fully saturated rings. The minimum Gasteiger partial charge on any atom is -0.481 e. The van der Waals surface area contributed by atoms with E-state index in [1.807, 2.05) is 25.1 Å². The molecule has 0 saturated heterocycles. The van der Waals surface area contributed by atoms with Gasteiger partial charge in [0.05, 0.1) is 6.26 Å². The second kappa shape index (κ2) is 5.94. The van der Waals surface area contributed by atoms with Crippen molar-refractivity contribution in [2.75, 3.05) is 0 Å². The molecule has 1 heterocycles. The molecule has 2 aromatic rings. The number of ether oxygens (including phenoxy) is 1. The SMILES string of the molecule is Cc1cc(C(C)(C)C)ccc1OC(c1ccco1)C(C)N. The minimum atomic E-state index is -0.279. The van der Waals surface area contributed by atoms with Gasteiger partial charge in [-0.25, -0.2) is 0 Å². The Morgan fingerprint density at radius 1 is 1.19 bits per heavy atom. The molecule has 0 radical (unpaired) electrons. The van der Waals surface area contributed by atoms with Gasteiger partial charge in [-0.1, -0.05) is 32.9 Å². The number of hydrogen-bond donors (Lipinski definition) is 1. The lowest BCUT2D eigenvalue weighted by atomic mass is 9.86. The minimum absolute atomic E-state index is 0.130. The van der Waals surface area contributed by atoms with Crippen LogP contribution in [0.4, 0.5) is 0 Å². The van der Waals surface area contributed by atoms with Crippen molar-refractivity contribution in [3.63, 3.8) is 0 Å². The van der Waals surface area contributed by atoms with Crippen molar-refractivity contribution in [3.8, 4) is 5.75 Å². The Labute approximate surface area is 127 Å². The van der Waals surface area contributed by atoms with Crippen LogP contribution in [-0.2, 0) is 5.41 Å². The van der Waals surface area contributed by atoms with E-state index in [2.05, 4.69) is 39.8 Å². The van der Waals surface area contributed by atoms with Gasteiger partial charge in [0.15, 0.2) is 6.10 Å². The van der Waals surface area contributed by atoms with Gasteiger partial charge < -0.3 is 14.9 Å². The number of hydrogen-bond acceptors (Lipinski definition) is 3. The first-order valence-corrected chi connectivity index (χ1v) is 7.36. The second-order valence-electron chi connectivity index (χ2n) is 6.64. The van der Waals surface area contributed by atoms with E-state index in [9.17, 15) is 0 Å². The Hall–Kier alpha value is -1.74. The maximum Gasteiger partial charge on any atom is 0.171 e. The molecular weight excluding hydrogens is 262 g/mol. The molecule has 1 aromatic carbocycles. The quantitative estimate of drug-likeness (QED) is 0.909. The van der Waals surface area contributed by atoms with Gasteiger partial charge in [0.25, 0.3) is 0 Å². The summed E-state index contributed by atoms with van der Waals surface area (Å²) in [4.78, 5) is 0. The average molecular weight is 287 g/mol. The maximum absolute atomic E-state index is 6.10. The molecule has 2 unspecified atom stereocenters. The third-order valence-corrected chi connectivity index (χ3v) is 3.60. The van der Waals surface area contributed by atoms with Crippen molar-refractivity contribution < 1.29 is 9.15 Å². The summed E-state index contributed by atoms with van der Waals surface area (Å²) in [6, 6.07) is 9.90. The molecule has 1 aromatic heterocycles. The van der Waals surface area contributed by atoms with Crippen LogP contribution in [0.1, 0.15) is 50.7 Å². The van der Waals surface area contributed by atoms with Crippen molar-refractivity contribution in [1.29, 1.82) is 0 Å². The molecule has 3 heteroatoms. The van der Waals surface area contributed by atoms with Gasteiger partial charge in [-0.3, -0.25) is 0 Å². The number of furan rings is 1. The number of rotatable bonds is 4. The summed E-state index contributed by atoms with van der Waals surface area (Å²) < 4.78 is 11.5. The van der Waals surface area contributed by atoms with Crippen LogP contribution in [0.3, 0.4) is 0 Å². The highest BCUT2D eigenvalue weighted by Crippen LogP contribution is 2.31. The van der Waals surface area contributed by atoms with Crippen LogP contribution >= 0.6 is 0 Å². The first-order chi connectivity index (χ1) is 9.79. The fourth-order valence-electron chi connectivity index (χ4n) is 2.26. The average Bonchev–Trinajstić information content (AvgIpc) is 2.89. The monoisotopic (exact) mass is 287 g/mol. The van der Waals surface area contributed by atoms with Crippen molar-refractivity contribution in [2.45, 2.75) is 52.2 Å². The summed E-state index contributed by atoms with van der Waals surface area (Å²) in [6.45, 7) is 10.6. The topological polar surface area (TPSA) is 48.4 Å². The Morgan fingerprint density at radius 3 is 2.38 bits per heavy atom. The molecule has 21 heavy (non-hydrogen) atoms. The van der Waals surface area contributed by atoms with E-state index in [1.54, 1.807) is 6.26 Å². The van der Waals surface area contributed by atoms with Gasteiger partial charge in [0, 0.05) is 6.04 Å². The van der Waals surface area contributed by atoms with E-state index in [0.29, 0.717) is 0 Å². The second-order valence-corrected chi connectivity index (χ2v) is 6.64. The largest absolute Gasteiger partial charge is 0.481 e. The van der Waals surface area contributed by atoms with E-state index in [0.717, 1.165) is 17.1 Å². The van der Waals surface area contributed by atoms with Crippen molar-refractivity contribution in [2.24, 2.45) is 5.73 Å². The van der Waals surface area contributed by atoms with Crippen molar-refractivity contribution in [1.82, 2.24) is 0 Å². The first kappa shape index (κ1) is 15.6. The molecule has 3 nitrogen and oxygen atoms in total. The molecule has 2 N–H and O–H groups in total. The Morgan fingerprint density at radius 2 is 1.90 bits per heavy atom. The maximum atomic E-state index is 6.10. The molecule has 0 bridgehead atoms. The predicted octanol–water partition coefficient (Wildman–Crippen LogP) is 4.35. The van der Waals surface area contributed by atoms with Gasteiger partial charge in [-0.05, 0) is 48.6 Å². The number of aryl methyl sites for hydroxylation is 1. The highest BCUT2D eigenvalue weighted by molar-refractivity contribution is 5.39. The van der Waals surface area contributed by atoms with Gasteiger partial charge in [-0.2, -0.15) is 0 Å². The van der Waals surface area contributed by atoms with Crippen LogP contribution in [0.15, 0.2) is 41.0 Å². The highest BCUT2D eigenvalue weighted by atomic mass is 16.5. The predicted molar refractivity (Wildman–Crippen MR) is 85.6 cm³/mol. The zero-order chi connectivity index (χ0) is 15.6. The van der Waals surface area contributed by atoms with E-state index in [1.165, 1.54) is 5.56 Å². The lowest BCUT2D eigenvalue weighted by Crippen LogP contribution is -2.29. The van der Waals surface area contributed by atoms with E-state index in [4.69, 9.17) is 14.9 Å². The van der Waals surface area contributed by atoms with Crippen LogP contribution in [0, 0.1) is 6.92 Å². The number of nitrogens with two attached hydrogens (primary N) is 1. The third kappa shape index (κ3) is 3.67. The molecular formula is C18H25NO2. The summed E-state index contributed by atoms with van der Waals surface area (Å²) in [6.07, 6.45) is 1.36. The summed E-state index contributed by atoms with van der Waals surface area (Å²) in [5.41, 5.74) is 8.57. The van der Waals surface area contributed by atoms with E-state index >= 15 is 0 Å². The molecule has 0 saturated carbocycles. The standard InChI is InChI=1S/C18H25NO2/c1-12-11-14(18(3,4)5)8-9-15(12)21-17(13(2)19)16-7-6-10-20-16/h6-11,13,17H,19H2,1-5H3. The van der Waals surface area contributed by atoms with Crippen molar-refractivity contribution in [3.05, 3.63) is 53.5 Å². The lowest BCUT2D eigenvalue weighted by molar-refractivity contribution is 0.152. The lowest BCUT2D eigenvalue weighted by Gasteiger charge is -2.24. The van der Waals surface area contributed by atoms with Crippen LogP contribution in [0.25, 0.3) is 0 Å². The molecule has 2 rings (SSSR count). The first-order valence-electron chi connectivity index (χ1n) is 7.36. The van der Waals surface area contributed by atoms with Gasteiger partial charge in [-0.15, -0.1) is 0 Å². The molecule has 0 amide bonds. The molecule has 114 valence electrons. The Bertz CT molecular complexity index is 580. The Kier molecular flexibility index (Phi) is 4.43. The van der Waals surface area contributed by atoms with Gasteiger partial charge in [0.2, 0.25) is 0 Å². The molecule has 0 aliphatic carbocycles. The number of benzene rings is 1. The zero-order valence-electron chi connectivity index (χ0n) is 13.5. The van der Waals surface area contributed by atoms with Crippen LogP contribution in [-0.4, -0.2) is 6.04 Å². The summed E-state index contributed by atoms with van der Waals surface area (Å²) in [5, 5.41) is 0. The highest BCUT2D eigenvalue weighted by Gasteiger charge is 2.22.